The fraction of sp³-hybridized carbons (Fsp3) is 0.851. The van der Waals surface area contributed by atoms with Gasteiger partial charge in [0.1, 0.15) is 84.8 Å². The summed E-state index contributed by atoms with van der Waals surface area (Å²) in [6, 6.07) is 7.64. The highest BCUT2D eigenvalue weighted by atomic mass is 32.2. The molecule has 2 aromatic heterocycles. The van der Waals surface area contributed by atoms with Crippen molar-refractivity contribution in [1.82, 2.24) is 64.3 Å². The number of aromatic nitrogens is 6. The third-order valence-corrected chi connectivity index (χ3v) is 22.7. The first kappa shape index (κ1) is 112. The molecule has 704 valence electrons. The number of unbranched alkanes of at least 4 members (excludes halogenated alkanes) is 1. The smallest absolute Gasteiger partial charge is 0.266 e. The molecule has 5 heterocycles. The minimum Gasteiger partial charge on any atom is -0.462 e. The largest absolute Gasteiger partial charge is 0.462 e. The lowest BCUT2D eigenvalue weighted by Crippen LogP contribution is -2.60. The number of amides is 1. The van der Waals surface area contributed by atoms with Crippen molar-refractivity contribution in [2.24, 2.45) is 35.5 Å². The third kappa shape index (κ3) is 46.0. The van der Waals surface area contributed by atoms with Crippen LogP contribution in [0.1, 0.15) is 197 Å². The van der Waals surface area contributed by atoms with Crippen LogP contribution in [0.2, 0.25) is 0 Å². The van der Waals surface area contributed by atoms with Gasteiger partial charge in [0.25, 0.3) is 10.1 Å². The highest BCUT2D eigenvalue weighted by Crippen LogP contribution is 2.29. The Morgan fingerprint density at radius 3 is 1.39 bits per heavy atom. The number of Topliss-reactive ketones (excluding diaryl/α,β-unsaturated/α-hetero) is 2. The van der Waals surface area contributed by atoms with Crippen LogP contribution in [-0.4, -0.2) is 373 Å². The summed E-state index contributed by atoms with van der Waals surface area (Å²) in [5, 5.41) is 106. The van der Waals surface area contributed by atoms with Crippen molar-refractivity contribution in [3.63, 3.8) is 0 Å². The molecule has 0 bridgehead atoms. The summed E-state index contributed by atoms with van der Waals surface area (Å²) in [6.07, 6.45) is 0.779. The minimum atomic E-state index is -3.92. The summed E-state index contributed by atoms with van der Waals surface area (Å²) in [5.41, 5.74) is 3.02. The van der Waals surface area contributed by atoms with Crippen molar-refractivity contribution in [3.8, 4) is 5.75 Å². The van der Waals surface area contributed by atoms with Gasteiger partial charge in [0.15, 0.2) is 12.1 Å². The molecule has 33 nitrogen and oxygen atoms in total. The van der Waals surface area contributed by atoms with Crippen molar-refractivity contribution in [1.29, 1.82) is 0 Å². The highest BCUT2D eigenvalue weighted by molar-refractivity contribution is 7.85. The molecular weight excluding hydrogens is 1580 g/mol. The fourth-order valence-corrected chi connectivity index (χ4v) is 14.0. The number of carbonyl (C=O) groups is 3. The van der Waals surface area contributed by atoms with Gasteiger partial charge in [0, 0.05) is 65.8 Å². The summed E-state index contributed by atoms with van der Waals surface area (Å²) in [5.74, 6) is 3.94. The predicted octanol–water partition coefficient (Wildman–Crippen LogP) is 5.41. The molecule has 34 heteroatoms. The molecule has 121 heavy (non-hydrogen) atoms. The Balaban J connectivity index is 0.000000517. The van der Waals surface area contributed by atoms with E-state index in [0.29, 0.717) is 67.2 Å². The zero-order valence-electron chi connectivity index (χ0n) is 77.8. The number of hydrogen-bond acceptors (Lipinski definition) is 29. The standard InChI is InChI=1S/C20H33NO5.C19H34N4O5.C18H34N4O5.C16H34N2O.C14H30N2O4S/c1-5-16-17(22)18(23)19(24)20(26-16)25-15-8-6-14(7-9-15)12-21(4)11-10-13(2)3;1-12(2)7-9-22(4)8-5-6-14-10-20-21-23(14)11-15-16(25)17(26)18(27)19(28-15)13(3)24;1-12(2)7-9-21(3)8-5-6-13-10-19-20-22(13)11-14-15(23)16(24)17(25)18(26-4)27-14;1-7-15(10-8-9-12-17(4)5)16(19)18(6)13-11-14(2)3;1-13(2)5-8-16(11-12-21(18,19)20)10-9-15(4)7-6-14(3)17/h6-9,13,16-20,22-24H,5,10-12H2,1-4H3;10,12,15-19,25-27H,5-9,11H2,1-4H3;10,12,14-18,23-25H,5-9,11H2,1-4H3;14-15H,7-13H2,1-6H3;13H,5-12H2,1-4H3,(H,18,19,20). The zero-order valence-corrected chi connectivity index (χ0v) is 78.6. The van der Waals surface area contributed by atoms with E-state index in [1.807, 2.05) is 50.2 Å². The average molecular weight is 1750 g/mol. The lowest BCUT2D eigenvalue weighted by Gasteiger charge is -2.40. The van der Waals surface area contributed by atoms with Crippen molar-refractivity contribution in [2.45, 2.75) is 305 Å². The Bertz CT molecular complexity index is 3320. The van der Waals surface area contributed by atoms with Gasteiger partial charge in [-0.05, 0) is 233 Å². The number of ether oxygens (including phenoxy) is 5. The molecule has 3 aliphatic rings. The van der Waals surface area contributed by atoms with Gasteiger partial charge in [-0.2, -0.15) is 8.42 Å². The number of likely N-dealkylation sites (N-methyl/N-ethyl adjacent to an activating group) is 1. The van der Waals surface area contributed by atoms with Crippen LogP contribution in [0, 0.1) is 35.5 Å². The molecule has 0 radical (unpaired) electrons. The van der Waals surface area contributed by atoms with E-state index >= 15 is 0 Å². The molecular formula is C87H165N13O20S. The van der Waals surface area contributed by atoms with E-state index in [1.54, 1.807) is 28.7 Å². The lowest BCUT2D eigenvalue weighted by molar-refractivity contribution is -0.292. The Hall–Kier alpha value is -4.74. The van der Waals surface area contributed by atoms with Crippen LogP contribution in [-0.2, 0) is 75.9 Å². The quantitative estimate of drug-likeness (QED) is 0.0249. The second-order valence-electron chi connectivity index (χ2n) is 35.9. The molecule has 16 unspecified atom stereocenters. The second-order valence-corrected chi connectivity index (χ2v) is 37.5. The first-order chi connectivity index (χ1) is 56.8. The van der Waals surface area contributed by atoms with Gasteiger partial charge in [-0.15, -0.1) is 10.2 Å². The van der Waals surface area contributed by atoms with Gasteiger partial charge in [0.05, 0.1) is 48.7 Å². The molecule has 3 saturated heterocycles. The van der Waals surface area contributed by atoms with Gasteiger partial charge < -0.3 is 104 Å². The predicted molar refractivity (Wildman–Crippen MR) is 470 cm³/mol. The molecule has 3 aliphatic heterocycles. The molecule has 0 spiro atoms. The average Bonchev–Trinajstić information content (AvgIpc) is 1.73. The van der Waals surface area contributed by atoms with Crippen LogP contribution in [0.15, 0.2) is 36.7 Å². The van der Waals surface area contributed by atoms with E-state index in [4.69, 9.17) is 28.2 Å². The van der Waals surface area contributed by atoms with E-state index in [9.17, 15) is 68.8 Å². The molecule has 3 fully saturated rings. The molecule has 10 N–H and O–H groups in total. The van der Waals surface area contributed by atoms with Gasteiger partial charge in [0.2, 0.25) is 12.2 Å². The van der Waals surface area contributed by atoms with Crippen LogP contribution in [0.3, 0.4) is 0 Å². The highest BCUT2D eigenvalue weighted by Gasteiger charge is 2.47. The number of ketones is 2. The summed E-state index contributed by atoms with van der Waals surface area (Å²) in [4.78, 5) is 50.1. The maximum absolute atomic E-state index is 12.3. The normalized spacial score (nSPS) is 23.5. The van der Waals surface area contributed by atoms with Crippen molar-refractivity contribution in [2.75, 3.05) is 141 Å². The Morgan fingerprint density at radius 1 is 0.488 bits per heavy atom. The number of aliphatic hydroxyl groups excluding tert-OH is 9. The summed E-state index contributed by atoms with van der Waals surface area (Å²) >= 11 is 0. The van der Waals surface area contributed by atoms with E-state index in [0.717, 1.165) is 141 Å². The molecule has 16 atom stereocenters. The maximum atomic E-state index is 12.3. The third-order valence-electron chi connectivity index (χ3n) is 22.0. The number of aliphatic hydroxyl groups is 9. The number of rotatable bonds is 50. The molecule has 1 amide bonds. The molecule has 6 rings (SSSR count). The zero-order chi connectivity index (χ0) is 91.4. The number of methoxy groups -OCH3 is 1. The Labute approximate surface area is 725 Å². The van der Waals surface area contributed by atoms with Crippen LogP contribution in [0.4, 0.5) is 0 Å². The molecule has 1 aromatic carbocycles. The van der Waals surface area contributed by atoms with Crippen molar-refractivity contribution >= 4 is 27.6 Å². The monoisotopic (exact) mass is 1740 g/mol. The molecule has 3 aromatic rings. The summed E-state index contributed by atoms with van der Waals surface area (Å²) in [7, 11) is 11.9. The van der Waals surface area contributed by atoms with E-state index < -0.39 is 108 Å². The second kappa shape index (κ2) is 60.1. The van der Waals surface area contributed by atoms with Gasteiger partial charge in [-0.25, -0.2) is 9.36 Å². The number of carbonyl (C=O) groups excluding carboxylic acids is 3. The van der Waals surface area contributed by atoms with Crippen LogP contribution in [0.5, 0.6) is 5.75 Å². The van der Waals surface area contributed by atoms with Gasteiger partial charge in [-0.3, -0.25) is 18.9 Å². The number of hydrogen-bond donors (Lipinski definition) is 10. The van der Waals surface area contributed by atoms with Gasteiger partial charge >= 0.3 is 0 Å². The van der Waals surface area contributed by atoms with Gasteiger partial charge in [-0.1, -0.05) is 112 Å². The van der Waals surface area contributed by atoms with Crippen molar-refractivity contribution in [3.05, 3.63) is 53.6 Å². The Morgan fingerprint density at radius 2 is 0.934 bits per heavy atom. The fourth-order valence-electron chi connectivity index (χ4n) is 13.6. The lowest BCUT2D eigenvalue weighted by atomic mass is 9.93. The first-order valence-corrected chi connectivity index (χ1v) is 45.9. The topological polar surface area (TPSA) is 418 Å². The summed E-state index contributed by atoms with van der Waals surface area (Å²) in [6.45, 7) is 40.6. The first-order valence-electron chi connectivity index (χ1n) is 44.3. The maximum Gasteiger partial charge on any atom is 0.266 e. The number of nitrogens with zero attached hydrogens (tertiary/aromatic N) is 13. The van der Waals surface area contributed by atoms with E-state index in [2.05, 4.69) is 161 Å². The summed E-state index contributed by atoms with van der Waals surface area (Å²) < 4.78 is 61.4. The van der Waals surface area contributed by atoms with Crippen molar-refractivity contribution < 1.29 is 97.0 Å². The molecule has 0 saturated carbocycles. The molecule has 0 aliphatic carbocycles. The minimum absolute atomic E-state index is 0.146. The van der Waals surface area contributed by atoms with Crippen LogP contribution >= 0.6 is 0 Å². The number of benzene rings is 1. The Kier molecular flexibility index (Phi) is 55.8. The van der Waals surface area contributed by atoms with E-state index in [1.165, 1.54) is 45.3 Å². The van der Waals surface area contributed by atoms with Crippen LogP contribution < -0.4 is 4.74 Å². The van der Waals surface area contributed by atoms with E-state index in [-0.39, 0.29) is 30.5 Å². The number of aryl methyl sites for hydroxylation is 2. The SMILES string of the molecule is CC(=O)C1OC(Cn2nncc2CCCN(C)CCC(C)C)C(O)C(O)C1O.CC(=O)CCN(C)CCN(CCC(C)C)CCS(=O)(=O)O.CCC(CCCCN(C)C)C(=O)N(C)CCC(C)C.CCC1OC(Oc2ccc(CN(C)CCC(C)C)cc2)C(O)C(O)C1O.COC1OC(Cn2nncc2CCCN(C)CCC(C)C)C(O)C(O)C1O. The van der Waals surface area contributed by atoms with Crippen LogP contribution in [0.25, 0.3) is 0 Å².